The molecule has 0 amide bonds. The van der Waals surface area contributed by atoms with Gasteiger partial charge in [0, 0.05) is 19.6 Å². The molecule has 0 aromatic heterocycles. The molecular formula is C13H19N3O2. The summed E-state index contributed by atoms with van der Waals surface area (Å²) in [5.74, 6) is 0.984. The van der Waals surface area contributed by atoms with E-state index >= 15 is 0 Å². The van der Waals surface area contributed by atoms with Crippen molar-refractivity contribution in [3.63, 3.8) is 0 Å². The van der Waals surface area contributed by atoms with Crippen LogP contribution in [0.25, 0.3) is 0 Å². The molecule has 1 heterocycles. The van der Waals surface area contributed by atoms with Crippen molar-refractivity contribution < 1.29 is 9.47 Å². The summed E-state index contributed by atoms with van der Waals surface area (Å²) in [5, 5.41) is 7.39. The van der Waals surface area contributed by atoms with Crippen molar-refractivity contribution in [3.8, 4) is 5.75 Å². The van der Waals surface area contributed by atoms with Gasteiger partial charge >= 0.3 is 0 Å². The predicted molar refractivity (Wildman–Crippen MR) is 70.0 cm³/mol. The maximum Gasteiger partial charge on any atom is 0.127 e. The topological polar surface area (TPSA) is 71.6 Å². The molecule has 1 aromatic carbocycles. The minimum Gasteiger partial charge on any atom is -0.492 e. The number of nitrogens with zero attached hydrogens (tertiary/aromatic N) is 1. The Morgan fingerprint density at radius 1 is 1.44 bits per heavy atom. The number of nitrogens with two attached hydrogens (primary N) is 1. The number of amidine groups is 1. The highest BCUT2D eigenvalue weighted by atomic mass is 16.5. The zero-order chi connectivity index (χ0) is 12.8. The second-order valence-corrected chi connectivity index (χ2v) is 4.28. The molecule has 3 N–H and O–H groups in total. The molecule has 5 heteroatoms. The van der Waals surface area contributed by atoms with Crippen LogP contribution in [-0.2, 0) is 4.74 Å². The van der Waals surface area contributed by atoms with Gasteiger partial charge in [0.05, 0.1) is 6.61 Å². The molecule has 1 aromatic rings. The number of hydrogen-bond acceptors (Lipinski definition) is 4. The molecule has 1 unspecified atom stereocenters. The Kier molecular flexibility index (Phi) is 4.55. The Morgan fingerprint density at radius 2 is 2.22 bits per heavy atom. The van der Waals surface area contributed by atoms with E-state index in [0.29, 0.717) is 19.8 Å². The lowest BCUT2D eigenvalue weighted by Crippen LogP contribution is -2.49. The van der Waals surface area contributed by atoms with Crippen LogP contribution in [-0.4, -0.2) is 49.7 Å². The Hall–Kier alpha value is -1.59. The van der Waals surface area contributed by atoms with Gasteiger partial charge in [0.2, 0.25) is 0 Å². The van der Waals surface area contributed by atoms with E-state index in [2.05, 4.69) is 4.90 Å². The first-order valence-electron chi connectivity index (χ1n) is 6.11. The third-order valence-electron chi connectivity index (χ3n) is 2.92. The molecule has 1 atom stereocenters. The average molecular weight is 249 g/mol. The van der Waals surface area contributed by atoms with Gasteiger partial charge in [-0.05, 0) is 12.1 Å². The molecule has 1 aliphatic heterocycles. The Labute approximate surface area is 107 Å². The molecule has 98 valence electrons. The summed E-state index contributed by atoms with van der Waals surface area (Å²) in [4.78, 5) is 2.21. The fourth-order valence-corrected chi connectivity index (χ4v) is 1.90. The molecule has 18 heavy (non-hydrogen) atoms. The van der Waals surface area contributed by atoms with E-state index in [1.54, 1.807) is 0 Å². The number of nitrogens with one attached hydrogen (secondary N) is 1. The van der Waals surface area contributed by atoms with E-state index in [0.717, 1.165) is 18.8 Å². The van der Waals surface area contributed by atoms with E-state index in [4.69, 9.17) is 20.6 Å². The molecule has 0 radical (unpaired) electrons. The summed E-state index contributed by atoms with van der Waals surface area (Å²) in [5.41, 5.74) is 5.45. The fourth-order valence-electron chi connectivity index (χ4n) is 1.90. The average Bonchev–Trinajstić information content (AvgIpc) is 2.40. The third kappa shape index (κ3) is 3.72. The van der Waals surface area contributed by atoms with Gasteiger partial charge in [-0.2, -0.15) is 0 Å². The van der Waals surface area contributed by atoms with Crippen LogP contribution >= 0.6 is 0 Å². The third-order valence-corrected chi connectivity index (χ3v) is 2.92. The second kappa shape index (κ2) is 6.37. The molecule has 0 saturated carbocycles. The first kappa shape index (κ1) is 12.9. The lowest BCUT2D eigenvalue weighted by Gasteiger charge is -2.32. The van der Waals surface area contributed by atoms with Crippen LogP contribution in [0.5, 0.6) is 5.75 Å². The molecule has 0 spiro atoms. The number of morpholine rings is 1. The second-order valence-electron chi connectivity index (χ2n) is 4.28. The van der Waals surface area contributed by atoms with Crippen molar-refractivity contribution >= 4 is 5.84 Å². The fraction of sp³-hybridized carbons (Fsp3) is 0.462. The molecule has 2 rings (SSSR count). The maximum absolute atomic E-state index is 7.39. The van der Waals surface area contributed by atoms with E-state index in [1.807, 2.05) is 30.3 Å². The van der Waals surface area contributed by atoms with Gasteiger partial charge in [-0.25, -0.2) is 0 Å². The maximum atomic E-state index is 7.39. The number of rotatable bonds is 5. The molecule has 1 saturated heterocycles. The molecule has 0 bridgehead atoms. The van der Waals surface area contributed by atoms with Gasteiger partial charge in [0.1, 0.15) is 24.3 Å². The monoisotopic (exact) mass is 249 g/mol. The van der Waals surface area contributed by atoms with Crippen molar-refractivity contribution in [3.05, 3.63) is 30.3 Å². The van der Waals surface area contributed by atoms with E-state index in [9.17, 15) is 0 Å². The summed E-state index contributed by atoms with van der Waals surface area (Å²) in [7, 11) is 0. The van der Waals surface area contributed by atoms with Gasteiger partial charge in [-0.3, -0.25) is 10.3 Å². The summed E-state index contributed by atoms with van der Waals surface area (Å²) in [6.45, 7) is 3.61. The zero-order valence-electron chi connectivity index (χ0n) is 10.3. The molecular weight excluding hydrogens is 230 g/mol. The van der Waals surface area contributed by atoms with Gasteiger partial charge in [-0.1, -0.05) is 18.2 Å². The first-order valence-corrected chi connectivity index (χ1v) is 6.11. The number of benzene rings is 1. The van der Waals surface area contributed by atoms with Gasteiger partial charge in [-0.15, -0.1) is 0 Å². The lowest BCUT2D eigenvalue weighted by atomic mass is 10.2. The van der Waals surface area contributed by atoms with Crippen LogP contribution in [0.3, 0.4) is 0 Å². The smallest absolute Gasteiger partial charge is 0.127 e. The minimum absolute atomic E-state index is 0.101. The van der Waals surface area contributed by atoms with Gasteiger partial charge in [0.15, 0.2) is 0 Å². The minimum atomic E-state index is -0.268. The highest BCUT2D eigenvalue weighted by molar-refractivity contribution is 5.82. The molecule has 0 aliphatic carbocycles. The summed E-state index contributed by atoms with van der Waals surface area (Å²) < 4.78 is 11.0. The Balaban J connectivity index is 1.72. The molecule has 5 nitrogen and oxygen atoms in total. The van der Waals surface area contributed by atoms with Gasteiger partial charge < -0.3 is 15.2 Å². The largest absolute Gasteiger partial charge is 0.492 e. The van der Waals surface area contributed by atoms with E-state index in [1.165, 1.54) is 0 Å². The van der Waals surface area contributed by atoms with Crippen molar-refractivity contribution in [2.45, 2.75) is 6.10 Å². The standard InChI is InChI=1S/C13H19N3O2/c14-13(15)12-10-16(7-9-18-12)6-8-17-11-4-2-1-3-5-11/h1-5,12H,6-10H2,(H3,14,15). The zero-order valence-corrected chi connectivity index (χ0v) is 10.3. The number of para-hydroxylation sites is 1. The number of ether oxygens (including phenoxy) is 2. The normalized spacial score (nSPS) is 20.6. The SMILES string of the molecule is N=C(N)C1CN(CCOc2ccccc2)CCO1. The quantitative estimate of drug-likeness (QED) is 0.595. The van der Waals surface area contributed by atoms with E-state index in [-0.39, 0.29) is 11.9 Å². The van der Waals surface area contributed by atoms with Crippen molar-refractivity contribution in [2.24, 2.45) is 5.73 Å². The molecule has 1 aliphatic rings. The van der Waals surface area contributed by atoms with Crippen LogP contribution in [0.4, 0.5) is 0 Å². The highest BCUT2D eigenvalue weighted by Crippen LogP contribution is 2.09. The van der Waals surface area contributed by atoms with Crippen molar-refractivity contribution in [2.75, 3.05) is 32.8 Å². The van der Waals surface area contributed by atoms with E-state index < -0.39 is 0 Å². The molecule has 1 fully saturated rings. The Bertz CT molecular complexity index is 383. The van der Waals surface area contributed by atoms with Crippen LogP contribution in [0.2, 0.25) is 0 Å². The first-order chi connectivity index (χ1) is 8.75. The van der Waals surface area contributed by atoms with Crippen LogP contribution < -0.4 is 10.5 Å². The highest BCUT2D eigenvalue weighted by Gasteiger charge is 2.22. The summed E-state index contributed by atoms with van der Waals surface area (Å²) in [6, 6.07) is 9.76. The summed E-state index contributed by atoms with van der Waals surface area (Å²) in [6.07, 6.45) is -0.268. The van der Waals surface area contributed by atoms with Crippen molar-refractivity contribution in [1.29, 1.82) is 5.41 Å². The predicted octanol–water partition coefficient (Wildman–Crippen LogP) is 0.702. The Morgan fingerprint density at radius 3 is 2.94 bits per heavy atom. The number of hydrogen-bond donors (Lipinski definition) is 2. The summed E-state index contributed by atoms with van der Waals surface area (Å²) >= 11 is 0. The van der Waals surface area contributed by atoms with Crippen molar-refractivity contribution in [1.82, 2.24) is 4.90 Å². The van der Waals surface area contributed by atoms with Crippen LogP contribution in [0, 0.1) is 5.41 Å². The van der Waals surface area contributed by atoms with Crippen LogP contribution in [0.15, 0.2) is 30.3 Å². The lowest BCUT2D eigenvalue weighted by molar-refractivity contribution is 0.00156. The van der Waals surface area contributed by atoms with Crippen LogP contribution in [0.1, 0.15) is 0 Å². The van der Waals surface area contributed by atoms with Gasteiger partial charge in [0.25, 0.3) is 0 Å².